The zero-order valence-corrected chi connectivity index (χ0v) is 27.1. The van der Waals surface area contributed by atoms with Gasteiger partial charge >= 0.3 is 23.9 Å². The van der Waals surface area contributed by atoms with Crippen LogP contribution < -0.4 is 28.4 Å². The summed E-state index contributed by atoms with van der Waals surface area (Å²) in [5, 5.41) is 33.8. The average Bonchev–Trinajstić information content (AvgIpc) is 3.71. The van der Waals surface area contributed by atoms with Crippen LogP contribution in [0, 0.1) is 0 Å². The Morgan fingerprint density at radius 3 is 1.69 bits per heavy atom. The molecule has 49 heavy (non-hydrogen) atoms. The molecule has 0 radical (unpaired) electrons. The molecule has 0 aromatic heterocycles. The van der Waals surface area contributed by atoms with Crippen molar-refractivity contribution in [2.45, 2.75) is 63.1 Å². The fourth-order valence-corrected chi connectivity index (χ4v) is 5.49. The lowest BCUT2D eigenvalue weighted by Crippen LogP contribution is -2.47. The molecule has 5 rings (SSSR count). The summed E-state index contributed by atoms with van der Waals surface area (Å²) in [4.78, 5) is 45.2. The number of carbonyl (C=O) groups is 4. The van der Waals surface area contributed by atoms with Gasteiger partial charge in [-0.25, -0.2) is 4.79 Å². The summed E-state index contributed by atoms with van der Waals surface area (Å²) in [6, 6.07) is 10.8. The summed E-state index contributed by atoms with van der Waals surface area (Å²) in [5.41, 5.74) is -3.72. The van der Waals surface area contributed by atoms with Gasteiger partial charge in [0.25, 0.3) is 0 Å². The highest BCUT2D eigenvalue weighted by molar-refractivity contribution is 5.88. The Balaban J connectivity index is 0.000000355. The molecule has 0 unspecified atom stereocenters. The summed E-state index contributed by atoms with van der Waals surface area (Å²) in [5.74, 6) is -1.56. The molecule has 2 aromatic carbocycles. The highest BCUT2D eigenvalue weighted by Crippen LogP contribution is 2.37. The van der Waals surface area contributed by atoms with E-state index >= 15 is 0 Å². The zero-order valence-electron chi connectivity index (χ0n) is 27.1. The van der Waals surface area contributed by atoms with Gasteiger partial charge in [-0.2, -0.15) is 0 Å². The molecule has 0 saturated carbocycles. The summed E-state index contributed by atoms with van der Waals surface area (Å²) in [6.07, 6.45) is 2.91. The molecule has 0 amide bonds. The number of hydrogen-bond donors (Lipinski definition) is 4. The molecular weight excluding hydrogens is 650 g/mol. The number of hydrogen-bond acceptors (Lipinski definition) is 13. The van der Waals surface area contributed by atoms with Crippen LogP contribution in [-0.2, 0) is 23.9 Å². The first kappa shape index (κ1) is 36.9. The smallest absolute Gasteiger partial charge is 0.336 e. The van der Waals surface area contributed by atoms with E-state index in [-0.39, 0.29) is 32.8 Å². The maximum Gasteiger partial charge on any atom is 0.336 e. The Hall–Kier alpha value is -4.96. The molecule has 0 aliphatic carbocycles. The molecule has 4 N–H and O–H groups in total. The van der Waals surface area contributed by atoms with Gasteiger partial charge in [-0.1, -0.05) is 6.42 Å². The maximum atomic E-state index is 12.2. The van der Waals surface area contributed by atoms with Crippen LogP contribution in [0.15, 0.2) is 36.4 Å². The van der Waals surface area contributed by atoms with Gasteiger partial charge < -0.3 is 58.5 Å². The van der Waals surface area contributed by atoms with Crippen molar-refractivity contribution in [3.63, 3.8) is 0 Å². The normalized spacial score (nSPS) is 15.1. The van der Waals surface area contributed by atoms with Gasteiger partial charge in [0.15, 0.2) is 34.2 Å². The SMILES string of the molecule is CC(=O)OC(CCCN1CCCCC1)(COc1ccc2c(c1)OCO2)COc1ccc2c(c1)OCO2.O=C(O)CC(O)(CC(=O)O)C(=O)O. The number of fused-ring (bicyclic) bond motifs is 2. The molecule has 1 fully saturated rings. The van der Waals surface area contributed by atoms with E-state index in [2.05, 4.69) is 4.90 Å². The van der Waals surface area contributed by atoms with Crippen molar-refractivity contribution in [3.05, 3.63) is 36.4 Å². The minimum Gasteiger partial charge on any atom is -0.489 e. The number of rotatable bonds is 16. The summed E-state index contributed by atoms with van der Waals surface area (Å²) < 4.78 is 40.0. The standard InChI is InChI=1S/C27H33NO8.C6H8O7/c1-20(29)36-27(10-5-13-28-11-3-2-4-12-28,16-30-21-6-8-23-25(14-21)34-18-32-23)17-31-22-7-9-24-26(15-22)35-19-33-24;7-3(8)1-6(13,5(11)12)2-4(9)10/h6-9,14-15H,2-5,10-13,16-19H2,1H3;13H,1-2H2,(H,7,8)(H,9,10)(H,11,12). The highest BCUT2D eigenvalue weighted by atomic mass is 16.7. The van der Waals surface area contributed by atoms with E-state index in [9.17, 15) is 19.2 Å². The van der Waals surface area contributed by atoms with Gasteiger partial charge in [0, 0.05) is 19.1 Å². The van der Waals surface area contributed by atoms with E-state index in [1.165, 1.54) is 26.2 Å². The lowest BCUT2D eigenvalue weighted by molar-refractivity contribution is -0.170. The largest absolute Gasteiger partial charge is 0.489 e. The van der Waals surface area contributed by atoms with Gasteiger partial charge in [-0.05, 0) is 69.6 Å². The van der Waals surface area contributed by atoms with E-state index in [0.29, 0.717) is 40.9 Å². The van der Waals surface area contributed by atoms with Crippen LogP contribution in [0.5, 0.6) is 34.5 Å². The Morgan fingerprint density at radius 2 is 1.24 bits per heavy atom. The van der Waals surface area contributed by atoms with Crippen molar-refractivity contribution < 1.29 is 72.8 Å². The second-order valence-electron chi connectivity index (χ2n) is 11.9. The number of aliphatic hydroxyl groups is 1. The Kier molecular flexibility index (Phi) is 12.7. The van der Waals surface area contributed by atoms with Crippen LogP contribution in [0.3, 0.4) is 0 Å². The molecule has 16 heteroatoms. The number of ether oxygens (including phenoxy) is 7. The Morgan fingerprint density at radius 1 is 0.755 bits per heavy atom. The molecule has 268 valence electrons. The summed E-state index contributed by atoms with van der Waals surface area (Å²) in [7, 11) is 0. The van der Waals surface area contributed by atoms with Crippen LogP contribution in [0.4, 0.5) is 0 Å². The van der Waals surface area contributed by atoms with E-state index in [1.54, 1.807) is 12.1 Å². The second-order valence-corrected chi connectivity index (χ2v) is 11.9. The average molecular weight is 692 g/mol. The third-order valence-electron chi connectivity index (χ3n) is 7.89. The minimum absolute atomic E-state index is 0.136. The van der Waals surface area contributed by atoms with Crippen LogP contribution >= 0.6 is 0 Å². The Labute approximate surface area is 282 Å². The number of piperidine rings is 1. The third kappa shape index (κ3) is 11.0. The van der Waals surface area contributed by atoms with Gasteiger partial charge in [-0.15, -0.1) is 0 Å². The maximum absolute atomic E-state index is 12.2. The lowest BCUT2D eigenvalue weighted by atomic mass is 9.96. The van der Waals surface area contributed by atoms with Crippen molar-refractivity contribution in [2.24, 2.45) is 0 Å². The first-order chi connectivity index (χ1) is 23.4. The molecule has 3 heterocycles. The molecule has 16 nitrogen and oxygen atoms in total. The van der Waals surface area contributed by atoms with Crippen molar-refractivity contribution >= 4 is 23.9 Å². The number of carboxylic acids is 3. The van der Waals surface area contributed by atoms with Crippen molar-refractivity contribution in [1.82, 2.24) is 4.90 Å². The van der Waals surface area contributed by atoms with E-state index < -0.39 is 42.0 Å². The molecular formula is C33H41NO15. The quantitative estimate of drug-likeness (QED) is 0.186. The van der Waals surface area contributed by atoms with Gasteiger partial charge in [0.05, 0.1) is 12.8 Å². The van der Waals surface area contributed by atoms with Crippen molar-refractivity contribution in [3.8, 4) is 34.5 Å². The molecule has 0 spiro atoms. The molecule has 3 aliphatic rings. The van der Waals surface area contributed by atoms with Gasteiger partial charge in [0.1, 0.15) is 24.7 Å². The van der Waals surface area contributed by atoms with Crippen LogP contribution in [0.1, 0.15) is 51.9 Å². The van der Waals surface area contributed by atoms with Crippen LogP contribution in [-0.4, -0.2) is 107 Å². The predicted molar refractivity (Wildman–Crippen MR) is 167 cm³/mol. The fraction of sp³-hybridized carbons (Fsp3) is 0.515. The number of carboxylic acid groups (broad SMARTS) is 3. The van der Waals surface area contributed by atoms with Gasteiger partial charge in [0.2, 0.25) is 13.6 Å². The first-order valence-electron chi connectivity index (χ1n) is 15.7. The number of esters is 1. The molecule has 1 saturated heterocycles. The molecule has 0 atom stereocenters. The summed E-state index contributed by atoms with van der Waals surface area (Å²) >= 11 is 0. The number of carbonyl (C=O) groups excluding carboxylic acids is 1. The monoisotopic (exact) mass is 691 g/mol. The third-order valence-corrected chi connectivity index (χ3v) is 7.89. The van der Waals surface area contributed by atoms with Crippen LogP contribution in [0.25, 0.3) is 0 Å². The van der Waals surface area contributed by atoms with E-state index in [0.717, 1.165) is 26.1 Å². The van der Waals surface area contributed by atoms with Crippen molar-refractivity contribution in [1.29, 1.82) is 0 Å². The Bertz CT molecular complexity index is 1390. The second kappa shape index (κ2) is 16.9. The number of aliphatic carboxylic acids is 3. The van der Waals surface area contributed by atoms with Crippen molar-refractivity contribution in [2.75, 3.05) is 46.4 Å². The van der Waals surface area contributed by atoms with Crippen LogP contribution in [0.2, 0.25) is 0 Å². The fourth-order valence-electron chi connectivity index (χ4n) is 5.49. The van der Waals surface area contributed by atoms with E-state index in [4.69, 9.17) is 53.6 Å². The lowest BCUT2D eigenvalue weighted by Gasteiger charge is -2.34. The van der Waals surface area contributed by atoms with Gasteiger partial charge in [-0.3, -0.25) is 14.4 Å². The molecule has 2 aromatic rings. The molecule has 3 aliphatic heterocycles. The van der Waals surface area contributed by atoms with E-state index in [1.807, 2.05) is 24.3 Å². The predicted octanol–water partition coefficient (Wildman–Crippen LogP) is 2.92. The first-order valence-corrected chi connectivity index (χ1v) is 15.7. The topological polar surface area (TPSA) is 217 Å². The summed E-state index contributed by atoms with van der Waals surface area (Å²) in [6.45, 7) is 5.24. The zero-order chi connectivity index (χ0) is 35.4. The number of benzene rings is 2. The number of likely N-dealkylation sites (tertiary alicyclic amines) is 1. The minimum atomic E-state index is -2.74. The number of nitrogens with zero attached hydrogens (tertiary/aromatic N) is 1. The highest BCUT2D eigenvalue weighted by Gasteiger charge is 2.41. The molecule has 0 bridgehead atoms.